The first-order valence-corrected chi connectivity index (χ1v) is 7.17. The Bertz CT molecular complexity index is 445. The molecule has 0 radical (unpaired) electrons. The van der Waals surface area contributed by atoms with Crippen molar-refractivity contribution in [2.45, 2.75) is 46.0 Å². The third-order valence-corrected chi connectivity index (χ3v) is 3.18. The van der Waals surface area contributed by atoms with Crippen molar-refractivity contribution in [2.24, 2.45) is 0 Å². The van der Waals surface area contributed by atoms with Gasteiger partial charge in [0, 0.05) is 18.7 Å². The fourth-order valence-corrected chi connectivity index (χ4v) is 2.47. The average molecular weight is 277 g/mol. The summed E-state index contributed by atoms with van der Waals surface area (Å²) < 4.78 is 11.2. The molecule has 1 aliphatic heterocycles. The normalized spacial score (nSPS) is 22.9. The van der Waals surface area contributed by atoms with Gasteiger partial charge in [0.2, 0.25) is 0 Å². The van der Waals surface area contributed by atoms with Crippen LogP contribution in [0.1, 0.15) is 38.1 Å². The molecule has 1 amide bonds. The molecule has 1 saturated heterocycles. The van der Waals surface area contributed by atoms with Crippen LogP contribution < -0.4 is 4.74 Å². The van der Waals surface area contributed by atoms with Gasteiger partial charge in [0.05, 0.1) is 18.3 Å². The molecule has 2 atom stereocenters. The molecule has 110 valence electrons. The highest BCUT2D eigenvalue weighted by Crippen LogP contribution is 2.18. The van der Waals surface area contributed by atoms with Gasteiger partial charge in [-0.2, -0.15) is 0 Å². The van der Waals surface area contributed by atoms with Crippen molar-refractivity contribution in [2.75, 3.05) is 13.1 Å². The Labute approximate surface area is 120 Å². The second-order valence-corrected chi connectivity index (χ2v) is 5.66. The lowest BCUT2D eigenvalue weighted by Gasteiger charge is -2.35. The molecule has 2 rings (SSSR count). The Kier molecular flexibility index (Phi) is 4.65. The van der Waals surface area contributed by atoms with Gasteiger partial charge in [-0.15, -0.1) is 0 Å². The van der Waals surface area contributed by atoms with Crippen LogP contribution in [0.3, 0.4) is 0 Å². The van der Waals surface area contributed by atoms with Crippen LogP contribution in [0.4, 0.5) is 0 Å². The third kappa shape index (κ3) is 3.73. The van der Waals surface area contributed by atoms with Crippen molar-refractivity contribution in [1.82, 2.24) is 4.90 Å². The zero-order valence-electron chi connectivity index (χ0n) is 12.6. The Morgan fingerprint density at radius 3 is 2.25 bits per heavy atom. The Balaban J connectivity index is 2.05. The molecule has 1 aliphatic rings. The van der Waals surface area contributed by atoms with Crippen LogP contribution in [0, 0.1) is 0 Å². The van der Waals surface area contributed by atoms with E-state index in [1.54, 1.807) is 0 Å². The number of carbonyl (C=O) groups is 1. The molecule has 4 heteroatoms. The first kappa shape index (κ1) is 14.9. The molecule has 1 aromatic carbocycles. The van der Waals surface area contributed by atoms with E-state index in [4.69, 9.17) is 9.47 Å². The molecule has 0 spiro atoms. The maximum absolute atomic E-state index is 12.5. The lowest BCUT2D eigenvalue weighted by molar-refractivity contribution is -0.0586. The summed E-state index contributed by atoms with van der Waals surface area (Å²) in [5.41, 5.74) is 0.697. The zero-order chi connectivity index (χ0) is 14.7. The fraction of sp³-hybridized carbons (Fsp3) is 0.562. The number of morpholine rings is 1. The van der Waals surface area contributed by atoms with Crippen molar-refractivity contribution in [3.63, 3.8) is 0 Å². The van der Waals surface area contributed by atoms with E-state index >= 15 is 0 Å². The molecule has 4 nitrogen and oxygen atoms in total. The Hall–Kier alpha value is -1.55. The van der Waals surface area contributed by atoms with E-state index in [1.165, 1.54) is 0 Å². The molecule has 0 N–H and O–H groups in total. The van der Waals surface area contributed by atoms with Gasteiger partial charge < -0.3 is 14.4 Å². The predicted octanol–water partition coefficient (Wildman–Crippen LogP) is 2.72. The summed E-state index contributed by atoms with van der Waals surface area (Å²) in [5, 5.41) is 0. The molecule has 20 heavy (non-hydrogen) atoms. The number of amides is 1. The van der Waals surface area contributed by atoms with Gasteiger partial charge in [0.25, 0.3) is 5.91 Å². The monoisotopic (exact) mass is 277 g/mol. The molecular formula is C16H23NO3. The fourth-order valence-electron chi connectivity index (χ4n) is 2.47. The Morgan fingerprint density at radius 2 is 1.75 bits per heavy atom. The molecule has 0 saturated carbocycles. The lowest BCUT2D eigenvalue weighted by atomic mass is 10.1. The highest BCUT2D eigenvalue weighted by atomic mass is 16.5. The van der Waals surface area contributed by atoms with Crippen molar-refractivity contribution in [3.8, 4) is 5.75 Å². The van der Waals surface area contributed by atoms with Gasteiger partial charge >= 0.3 is 0 Å². The minimum atomic E-state index is 0.0584. The number of hydrogen-bond acceptors (Lipinski definition) is 3. The second kappa shape index (κ2) is 6.27. The number of rotatable bonds is 3. The minimum Gasteiger partial charge on any atom is -0.491 e. The van der Waals surface area contributed by atoms with E-state index in [2.05, 4.69) is 0 Å². The number of nitrogens with zero attached hydrogens (tertiary/aromatic N) is 1. The van der Waals surface area contributed by atoms with E-state index < -0.39 is 0 Å². The lowest BCUT2D eigenvalue weighted by Crippen LogP contribution is -2.48. The van der Waals surface area contributed by atoms with Crippen LogP contribution in [0.2, 0.25) is 0 Å². The van der Waals surface area contributed by atoms with Crippen LogP contribution in [-0.4, -0.2) is 42.2 Å². The SMILES string of the molecule is CC(C)Oc1ccc(C(=O)N2CC(C)OC(C)C2)cc1. The van der Waals surface area contributed by atoms with Gasteiger partial charge in [-0.3, -0.25) is 4.79 Å². The zero-order valence-corrected chi connectivity index (χ0v) is 12.6. The van der Waals surface area contributed by atoms with Gasteiger partial charge in [-0.25, -0.2) is 0 Å². The first-order chi connectivity index (χ1) is 9.45. The van der Waals surface area contributed by atoms with E-state index in [-0.39, 0.29) is 24.2 Å². The maximum Gasteiger partial charge on any atom is 0.254 e. The summed E-state index contributed by atoms with van der Waals surface area (Å²) in [5.74, 6) is 0.850. The molecule has 1 aromatic rings. The van der Waals surface area contributed by atoms with Crippen LogP contribution in [0.15, 0.2) is 24.3 Å². The Morgan fingerprint density at radius 1 is 1.20 bits per heavy atom. The summed E-state index contributed by atoms with van der Waals surface area (Å²) in [6.07, 6.45) is 0.315. The number of hydrogen-bond donors (Lipinski definition) is 0. The summed E-state index contributed by atoms with van der Waals surface area (Å²) in [4.78, 5) is 14.3. The van der Waals surface area contributed by atoms with Gasteiger partial charge in [0.1, 0.15) is 5.75 Å². The minimum absolute atomic E-state index is 0.0584. The number of ether oxygens (including phenoxy) is 2. The molecule has 1 heterocycles. The van der Waals surface area contributed by atoms with Gasteiger partial charge in [-0.05, 0) is 52.0 Å². The van der Waals surface area contributed by atoms with Crippen LogP contribution in [0.5, 0.6) is 5.75 Å². The van der Waals surface area contributed by atoms with Crippen molar-refractivity contribution in [1.29, 1.82) is 0 Å². The highest BCUT2D eigenvalue weighted by Gasteiger charge is 2.26. The average Bonchev–Trinajstić information content (AvgIpc) is 2.37. The largest absolute Gasteiger partial charge is 0.491 e. The van der Waals surface area contributed by atoms with Crippen molar-refractivity contribution in [3.05, 3.63) is 29.8 Å². The molecule has 2 unspecified atom stereocenters. The number of carbonyl (C=O) groups excluding carboxylic acids is 1. The molecular weight excluding hydrogens is 254 g/mol. The highest BCUT2D eigenvalue weighted by molar-refractivity contribution is 5.94. The first-order valence-electron chi connectivity index (χ1n) is 7.17. The topological polar surface area (TPSA) is 38.8 Å². The molecule has 0 aromatic heterocycles. The summed E-state index contributed by atoms with van der Waals surface area (Å²) in [6, 6.07) is 7.34. The molecule has 1 fully saturated rings. The van der Waals surface area contributed by atoms with E-state index in [0.717, 1.165) is 5.75 Å². The van der Waals surface area contributed by atoms with Crippen LogP contribution in [0.25, 0.3) is 0 Å². The van der Waals surface area contributed by atoms with Crippen molar-refractivity contribution >= 4 is 5.91 Å². The van der Waals surface area contributed by atoms with Crippen molar-refractivity contribution < 1.29 is 14.3 Å². The van der Waals surface area contributed by atoms with Crippen LogP contribution >= 0.6 is 0 Å². The second-order valence-electron chi connectivity index (χ2n) is 5.66. The van der Waals surface area contributed by atoms with Crippen LogP contribution in [-0.2, 0) is 4.74 Å². The standard InChI is InChI=1S/C16H23NO3/c1-11(2)19-15-7-5-14(6-8-15)16(18)17-9-12(3)20-13(4)10-17/h5-8,11-13H,9-10H2,1-4H3. The maximum atomic E-state index is 12.5. The van der Waals surface area contributed by atoms with Gasteiger partial charge in [0.15, 0.2) is 0 Å². The van der Waals surface area contributed by atoms with E-state index in [0.29, 0.717) is 18.7 Å². The smallest absolute Gasteiger partial charge is 0.254 e. The van der Waals surface area contributed by atoms with E-state index in [9.17, 15) is 4.79 Å². The third-order valence-electron chi connectivity index (χ3n) is 3.18. The van der Waals surface area contributed by atoms with E-state index in [1.807, 2.05) is 56.9 Å². The quantitative estimate of drug-likeness (QED) is 0.852. The summed E-state index contributed by atoms with van der Waals surface area (Å²) in [6.45, 7) is 9.25. The predicted molar refractivity (Wildman–Crippen MR) is 78.1 cm³/mol. The van der Waals surface area contributed by atoms with Gasteiger partial charge in [-0.1, -0.05) is 0 Å². The molecule has 0 bridgehead atoms. The molecule has 0 aliphatic carbocycles. The summed E-state index contributed by atoms with van der Waals surface area (Å²) >= 11 is 0. The number of benzene rings is 1. The summed E-state index contributed by atoms with van der Waals surface area (Å²) in [7, 11) is 0.